The maximum absolute atomic E-state index is 13.9. The van der Waals surface area contributed by atoms with Crippen LogP contribution in [0.4, 0.5) is 10.1 Å². The van der Waals surface area contributed by atoms with Crippen molar-refractivity contribution in [1.29, 1.82) is 0 Å². The van der Waals surface area contributed by atoms with Gasteiger partial charge >= 0.3 is 5.97 Å². The van der Waals surface area contributed by atoms with E-state index in [-0.39, 0.29) is 22.7 Å². The van der Waals surface area contributed by atoms with Crippen molar-refractivity contribution >= 4 is 17.6 Å². The van der Waals surface area contributed by atoms with Gasteiger partial charge in [0.05, 0.1) is 5.56 Å². The average Bonchev–Trinajstić information content (AvgIpc) is 2.95. The minimum atomic E-state index is -0.934. The van der Waals surface area contributed by atoms with Crippen LogP contribution < -0.4 is 5.73 Å². The molecule has 1 atom stereocenters. The SMILES string of the molecule is Cc1cc(N)cc(C(=O)OC(C)C(=O)N2CCCC2)c1F. The molecule has 0 aromatic heterocycles. The second kappa shape index (κ2) is 6.11. The second-order valence-corrected chi connectivity index (χ2v) is 5.28. The summed E-state index contributed by atoms with van der Waals surface area (Å²) in [6.45, 7) is 4.36. The number of carbonyl (C=O) groups is 2. The summed E-state index contributed by atoms with van der Waals surface area (Å²) >= 11 is 0. The highest BCUT2D eigenvalue weighted by molar-refractivity contribution is 5.93. The maximum atomic E-state index is 13.9. The molecule has 1 aliphatic heterocycles. The highest BCUT2D eigenvalue weighted by Gasteiger charge is 2.27. The topological polar surface area (TPSA) is 72.6 Å². The Kier molecular flexibility index (Phi) is 4.45. The zero-order chi connectivity index (χ0) is 15.6. The molecular weight excluding hydrogens is 275 g/mol. The molecule has 1 aromatic carbocycles. The van der Waals surface area contributed by atoms with Crippen molar-refractivity contribution < 1.29 is 18.7 Å². The van der Waals surface area contributed by atoms with Gasteiger partial charge in [-0.05, 0) is 44.4 Å². The largest absolute Gasteiger partial charge is 0.449 e. The normalized spacial score (nSPS) is 15.9. The molecule has 114 valence electrons. The number of ether oxygens (including phenoxy) is 1. The van der Waals surface area contributed by atoms with E-state index >= 15 is 0 Å². The van der Waals surface area contributed by atoms with Crippen molar-refractivity contribution in [3.8, 4) is 0 Å². The third kappa shape index (κ3) is 3.32. The van der Waals surface area contributed by atoms with Crippen molar-refractivity contribution in [3.63, 3.8) is 0 Å². The molecule has 2 N–H and O–H groups in total. The average molecular weight is 294 g/mol. The molecule has 6 heteroatoms. The summed E-state index contributed by atoms with van der Waals surface area (Å²) < 4.78 is 19.0. The molecule has 0 radical (unpaired) electrons. The van der Waals surface area contributed by atoms with Gasteiger partial charge in [0.2, 0.25) is 0 Å². The van der Waals surface area contributed by atoms with E-state index in [9.17, 15) is 14.0 Å². The summed E-state index contributed by atoms with van der Waals surface area (Å²) in [4.78, 5) is 25.7. The number of rotatable bonds is 3. The number of aryl methyl sites for hydroxylation is 1. The third-order valence-corrected chi connectivity index (χ3v) is 3.55. The van der Waals surface area contributed by atoms with E-state index in [1.165, 1.54) is 26.0 Å². The molecule has 1 fully saturated rings. The number of anilines is 1. The highest BCUT2D eigenvalue weighted by atomic mass is 19.1. The fourth-order valence-corrected chi connectivity index (χ4v) is 2.42. The number of nitrogens with zero attached hydrogens (tertiary/aromatic N) is 1. The van der Waals surface area contributed by atoms with Gasteiger partial charge in [0.25, 0.3) is 5.91 Å². The summed E-state index contributed by atoms with van der Waals surface area (Å²) in [7, 11) is 0. The molecule has 21 heavy (non-hydrogen) atoms. The molecule has 1 amide bonds. The smallest absolute Gasteiger partial charge is 0.341 e. The number of hydrogen-bond acceptors (Lipinski definition) is 4. The number of halogens is 1. The molecule has 1 heterocycles. The molecule has 0 bridgehead atoms. The predicted molar refractivity (Wildman–Crippen MR) is 76.2 cm³/mol. The summed E-state index contributed by atoms with van der Waals surface area (Å²) in [5.74, 6) is -1.79. The quantitative estimate of drug-likeness (QED) is 0.682. The van der Waals surface area contributed by atoms with Crippen LogP contribution in [-0.2, 0) is 9.53 Å². The van der Waals surface area contributed by atoms with E-state index in [1.807, 2.05) is 0 Å². The Labute approximate surface area is 122 Å². The van der Waals surface area contributed by atoms with Gasteiger partial charge in [-0.3, -0.25) is 4.79 Å². The van der Waals surface area contributed by atoms with Crippen molar-refractivity contribution in [2.75, 3.05) is 18.8 Å². The van der Waals surface area contributed by atoms with Gasteiger partial charge in [0.15, 0.2) is 6.10 Å². The van der Waals surface area contributed by atoms with Crippen LogP contribution in [0.2, 0.25) is 0 Å². The summed E-state index contributed by atoms with van der Waals surface area (Å²) in [6, 6.07) is 2.66. The van der Waals surface area contributed by atoms with Crippen LogP contribution in [0.1, 0.15) is 35.7 Å². The standard InChI is InChI=1S/C15H19FN2O3/c1-9-7-11(17)8-12(13(9)16)15(20)21-10(2)14(19)18-5-3-4-6-18/h7-8,10H,3-6,17H2,1-2H3. The first-order valence-corrected chi connectivity index (χ1v) is 6.95. The number of benzene rings is 1. The molecule has 0 saturated carbocycles. The zero-order valence-electron chi connectivity index (χ0n) is 12.2. The number of nitrogen functional groups attached to an aromatic ring is 1. The molecule has 0 spiro atoms. The van der Waals surface area contributed by atoms with Gasteiger partial charge < -0.3 is 15.4 Å². The van der Waals surface area contributed by atoms with E-state index in [0.717, 1.165) is 12.8 Å². The van der Waals surface area contributed by atoms with Crippen LogP contribution >= 0.6 is 0 Å². The molecule has 2 rings (SSSR count). The van der Waals surface area contributed by atoms with E-state index in [1.54, 1.807) is 4.90 Å². The van der Waals surface area contributed by atoms with Crippen LogP contribution in [0, 0.1) is 12.7 Å². The van der Waals surface area contributed by atoms with Gasteiger partial charge in [-0.1, -0.05) is 0 Å². The van der Waals surface area contributed by atoms with Gasteiger partial charge in [0.1, 0.15) is 5.82 Å². The van der Waals surface area contributed by atoms with E-state index in [0.29, 0.717) is 13.1 Å². The molecule has 5 nitrogen and oxygen atoms in total. The highest BCUT2D eigenvalue weighted by Crippen LogP contribution is 2.19. The molecular formula is C15H19FN2O3. The predicted octanol–water partition coefficient (Wildman–Crippen LogP) is 1.88. The third-order valence-electron chi connectivity index (χ3n) is 3.55. The molecule has 1 aromatic rings. The molecule has 1 unspecified atom stereocenters. The Hall–Kier alpha value is -2.11. The first-order chi connectivity index (χ1) is 9.90. The Morgan fingerprint density at radius 3 is 2.57 bits per heavy atom. The lowest BCUT2D eigenvalue weighted by atomic mass is 10.1. The number of amides is 1. The van der Waals surface area contributed by atoms with Gasteiger partial charge in [-0.2, -0.15) is 0 Å². The maximum Gasteiger partial charge on any atom is 0.341 e. The van der Waals surface area contributed by atoms with Crippen molar-refractivity contribution in [2.24, 2.45) is 0 Å². The van der Waals surface area contributed by atoms with E-state index in [2.05, 4.69) is 0 Å². The van der Waals surface area contributed by atoms with Crippen molar-refractivity contribution in [3.05, 3.63) is 29.1 Å². The van der Waals surface area contributed by atoms with Gasteiger partial charge in [0, 0.05) is 18.8 Å². The van der Waals surface area contributed by atoms with E-state index < -0.39 is 17.9 Å². The Bertz CT molecular complexity index is 568. The first kappa shape index (κ1) is 15.3. The molecule has 0 aliphatic carbocycles. The second-order valence-electron chi connectivity index (χ2n) is 5.28. The summed E-state index contributed by atoms with van der Waals surface area (Å²) in [5, 5.41) is 0. The van der Waals surface area contributed by atoms with Gasteiger partial charge in [-0.25, -0.2) is 9.18 Å². The number of hydrogen-bond donors (Lipinski definition) is 1. The number of nitrogens with two attached hydrogens (primary N) is 1. The van der Waals surface area contributed by atoms with Crippen LogP contribution in [0.15, 0.2) is 12.1 Å². The summed E-state index contributed by atoms with van der Waals surface area (Å²) in [6.07, 6.45) is 0.974. The molecule has 1 aliphatic rings. The Morgan fingerprint density at radius 2 is 1.95 bits per heavy atom. The lowest BCUT2D eigenvalue weighted by molar-refractivity contribution is -0.138. The summed E-state index contributed by atoms with van der Waals surface area (Å²) in [5.41, 5.74) is 5.91. The van der Waals surface area contributed by atoms with Crippen LogP contribution in [0.5, 0.6) is 0 Å². The Morgan fingerprint density at radius 1 is 1.33 bits per heavy atom. The Balaban J connectivity index is 2.09. The van der Waals surface area contributed by atoms with Crippen molar-refractivity contribution in [2.45, 2.75) is 32.8 Å². The number of esters is 1. The minimum Gasteiger partial charge on any atom is -0.449 e. The monoisotopic (exact) mass is 294 g/mol. The van der Waals surface area contributed by atoms with Crippen molar-refractivity contribution in [1.82, 2.24) is 4.90 Å². The lowest BCUT2D eigenvalue weighted by Crippen LogP contribution is -2.38. The fourth-order valence-electron chi connectivity index (χ4n) is 2.42. The lowest BCUT2D eigenvalue weighted by Gasteiger charge is -2.20. The zero-order valence-corrected chi connectivity index (χ0v) is 12.2. The van der Waals surface area contributed by atoms with Crippen LogP contribution in [0.3, 0.4) is 0 Å². The number of likely N-dealkylation sites (tertiary alicyclic amines) is 1. The van der Waals surface area contributed by atoms with E-state index in [4.69, 9.17) is 10.5 Å². The minimum absolute atomic E-state index is 0.242. The van der Waals surface area contributed by atoms with Crippen LogP contribution in [-0.4, -0.2) is 36.0 Å². The fraction of sp³-hybridized carbons (Fsp3) is 0.467. The first-order valence-electron chi connectivity index (χ1n) is 6.95. The van der Waals surface area contributed by atoms with Gasteiger partial charge in [-0.15, -0.1) is 0 Å². The van der Waals surface area contributed by atoms with Crippen LogP contribution in [0.25, 0.3) is 0 Å². The molecule has 1 saturated heterocycles. The number of carbonyl (C=O) groups excluding carboxylic acids is 2.